The van der Waals surface area contributed by atoms with Gasteiger partial charge in [0.15, 0.2) is 5.75 Å². The first kappa shape index (κ1) is 19.9. The molecule has 0 aromatic carbocycles. The summed E-state index contributed by atoms with van der Waals surface area (Å²) in [6.45, 7) is 1.46. The maximum absolute atomic E-state index is 12.8. The standard InChI is InChI=1S/C17H10F6N2O2S/c1-8-6-10(11-2-3-13(28-11)17(21,22)23)25-15(14(8)26)27-9-4-5-24-12(7-9)16(18,19)20/h2-7,26H,1H3. The summed E-state index contributed by atoms with van der Waals surface area (Å²) in [5.74, 6) is -1.16. The number of aryl methyl sites for hydroxylation is 1. The molecule has 3 heterocycles. The van der Waals surface area contributed by atoms with Crippen LogP contribution in [0.5, 0.6) is 17.4 Å². The van der Waals surface area contributed by atoms with Crippen LogP contribution in [-0.2, 0) is 12.4 Å². The van der Waals surface area contributed by atoms with Gasteiger partial charge >= 0.3 is 12.4 Å². The fraction of sp³-hybridized carbons (Fsp3) is 0.176. The topological polar surface area (TPSA) is 55.2 Å². The summed E-state index contributed by atoms with van der Waals surface area (Å²) < 4.78 is 81.9. The number of halogens is 6. The highest BCUT2D eigenvalue weighted by Crippen LogP contribution is 2.41. The maximum Gasteiger partial charge on any atom is 0.433 e. The first-order chi connectivity index (χ1) is 12.9. The predicted molar refractivity (Wildman–Crippen MR) is 88.3 cm³/mol. The van der Waals surface area contributed by atoms with Gasteiger partial charge in [-0.05, 0) is 36.8 Å². The third-order valence-electron chi connectivity index (χ3n) is 3.53. The van der Waals surface area contributed by atoms with Gasteiger partial charge in [0.2, 0.25) is 0 Å². The Labute approximate surface area is 158 Å². The number of aromatic hydroxyl groups is 1. The highest BCUT2D eigenvalue weighted by atomic mass is 32.1. The highest BCUT2D eigenvalue weighted by Gasteiger charge is 2.33. The summed E-state index contributed by atoms with van der Waals surface area (Å²) >= 11 is 0.445. The van der Waals surface area contributed by atoms with Gasteiger partial charge in [-0.1, -0.05) is 0 Å². The fourth-order valence-corrected chi connectivity index (χ4v) is 3.04. The van der Waals surface area contributed by atoms with Crippen molar-refractivity contribution in [1.29, 1.82) is 0 Å². The molecular formula is C17H10F6N2O2S. The molecule has 0 fully saturated rings. The maximum atomic E-state index is 12.8. The van der Waals surface area contributed by atoms with E-state index in [4.69, 9.17) is 4.74 Å². The van der Waals surface area contributed by atoms with Gasteiger partial charge in [-0.2, -0.15) is 26.3 Å². The number of thiophene rings is 1. The predicted octanol–water partition coefficient (Wildman–Crippen LogP) is 6.05. The first-order valence-corrected chi connectivity index (χ1v) is 8.36. The quantitative estimate of drug-likeness (QED) is 0.524. The summed E-state index contributed by atoms with van der Waals surface area (Å²) in [7, 11) is 0. The average Bonchev–Trinajstić information content (AvgIpc) is 3.09. The van der Waals surface area contributed by atoms with Crippen molar-refractivity contribution in [3.63, 3.8) is 0 Å². The van der Waals surface area contributed by atoms with Crippen molar-refractivity contribution in [2.75, 3.05) is 0 Å². The van der Waals surface area contributed by atoms with Crippen LogP contribution in [0, 0.1) is 6.92 Å². The molecule has 0 saturated carbocycles. The third kappa shape index (κ3) is 4.19. The zero-order valence-corrected chi connectivity index (χ0v) is 14.7. The molecule has 0 spiro atoms. The molecule has 0 amide bonds. The molecule has 148 valence electrons. The van der Waals surface area contributed by atoms with Crippen LogP contribution in [0.2, 0.25) is 0 Å². The van der Waals surface area contributed by atoms with Crippen molar-refractivity contribution in [3.05, 3.63) is 52.7 Å². The summed E-state index contributed by atoms with van der Waals surface area (Å²) in [5, 5.41) is 10.1. The van der Waals surface area contributed by atoms with E-state index in [9.17, 15) is 31.4 Å². The average molecular weight is 420 g/mol. The summed E-state index contributed by atoms with van der Waals surface area (Å²) in [4.78, 5) is 6.47. The number of alkyl halides is 6. The molecule has 3 rings (SSSR count). The van der Waals surface area contributed by atoms with Gasteiger partial charge < -0.3 is 9.84 Å². The minimum absolute atomic E-state index is 0.0795. The molecule has 0 unspecified atom stereocenters. The molecule has 4 nitrogen and oxygen atoms in total. The van der Waals surface area contributed by atoms with Gasteiger partial charge in [-0.15, -0.1) is 11.3 Å². The second-order valence-electron chi connectivity index (χ2n) is 5.62. The molecule has 0 aliphatic carbocycles. The van der Waals surface area contributed by atoms with Gasteiger partial charge in [0, 0.05) is 12.3 Å². The van der Waals surface area contributed by atoms with Crippen molar-refractivity contribution in [3.8, 4) is 28.0 Å². The number of ether oxygens (including phenoxy) is 1. The fourth-order valence-electron chi connectivity index (χ4n) is 2.20. The van der Waals surface area contributed by atoms with Crippen LogP contribution in [-0.4, -0.2) is 15.1 Å². The number of nitrogens with zero attached hydrogens (tertiary/aromatic N) is 2. The smallest absolute Gasteiger partial charge is 0.433 e. The lowest BCUT2D eigenvalue weighted by atomic mass is 10.2. The largest absolute Gasteiger partial charge is 0.503 e. The Morgan fingerprint density at radius 3 is 2.32 bits per heavy atom. The molecule has 0 bridgehead atoms. The van der Waals surface area contributed by atoms with E-state index in [1.807, 2.05) is 0 Å². The Hall–Kier alpha value is -2.82. The molecule has 0 aliphatic rings. The van der Waals surface area contributed by atoms with E-state index < -0.39 is 34.6 Å². The van der Waals surface area contributed by atoms with Crippen LogP contribution in [0.4, 0.5) is 26.3 Å². The van der Waals surface area contributed by atoms with E-state index in [1.165, 1.54) is 19.1 Å². The molecule has 3 aromatic rings. The highest BCUT2D eigenvalue weighted by molar-refractivity contribution is 7.15. The minimum Gasteiger partial charge on any atom is -0.503 e. The number of pyridine rings is 2. The second-order valence-corrected chi connectivity index (χ2v) is 6.70. The SMILES string of the molecule is Cc1cc(-c2ccc(C(F)(F)F)s2)nc(Oc2ccnc(C(F)(F)F)c2)c1O. The van der Waals surface area contributed by atoms with Crippen molar-refractivity contribution in [2.24, 2.45) is 0 Å². The Morgan fingerprint density at radius 2 is 1.71 bits per heavy atom. The third-order valence-corrected chi connectivity index (χ3v) is 4.68. The van der Waals surface area contributed by atoms with Crippen LogP contribution in [0.15, 0.2) is 36.5 Å². The van der Waals surface area contributed by atoms with E-state index in [0.717, 1.165) is 18.3 Å². The van der Waals surface area contributed by atoms with E-state index in [-0.39, 0.29) is 21.9 Å². The van der Waals surface area contributed by atoms with E-state index in [2.05, 4.69) is 9.97 Å². The lowest BCUT2D eigenvalue weighted by Gasteiger charge is -2.12. The van der Waals surface area contributed by atoms with E-state index in [0.29, 0.717) is 17.4 Å². The number of rotatable bonds is 3. The van der Waals surface area contributed by atoms with Crippen LogP contribution in [0.25, 0.3) is 10.6 Å². The van der Waals surface area contributed by atoms with Crippen molar-refractivity contribution in [2.45, 2.75) is 19.3 Å². The molecule has 0 radical (unpaired) electrons. The zero-order valence-electron chi connectivity index (χ0n) is 13.9. The van der Waals surface area contributed by atoms with Crippen LogP contribution >= 0.6 is 11.3 Å². The van der Waals surface area contributed by atoms with Gasteiger partial charge in [-0.25, -0.2) is 4.98 Å². The summed E-state index contributed by atoms with van der Waals surface area (Å²) in [6, 6.07) is 5.20. The molecule has 11 heteroatoms. The van der Waals surface area contributed by atoms with Crippen molar-refractivity contribution < 1.29 is 36.2 Å². The first-order valence-electron chi connectivity index (χ1n) is 7.54. The van der Waals surface area contributed by atoms with Gasteiger partial charge in [0.1, 0.15) is 16.3 Å². The molecule has 0 saturated heterocycles. The van der Waals surface area contributed by atoms with Gasteiger partial charge in [0.05, 0.1) is 10.6 Å². The van der Waals surface area contributed by atoms with Crippen molar-refractivity contribution >= 4 is 11.3 Å². The Kier molecular flexibility index (Phi) is 4.96. The monoisotopic (exact) mass is 420 g/mol. The van der Waals surface area contributed by atoms with Gasteiger partial charge in [0.25, 0.3) is 5.88 Å². The van der Waals surface area contributed by atoms with Crippen LogP contribution in [0.1, 0.15) is 16.1 Å². The molecular weight excluding hydrogens is 410 g/mol. The summed E-state index contributed by atoms with van der Waals surface area (Å²) in [5.41, 5.74) is -0.895. The Morgan fingerprint density at radius 1 is 1.00 bits per heavy atom. The van der Waals surface area contributed by atoms with Crippen LogP contribution < -0.4 is 4.74 Å². The Bertz CT molecular complexity index is 1010. The van der Waals surface area contributed by atoms with E-state index >= 15 is 0 Å². The number of hydrogen-bond acceptors (Lipinski definition) is 5. The normalized spacial score (nSPS) is 12.2. The molecule has 3 aromatic heterocycles. The molecule has 0 aliphatic heterocycles. The van der Waals surface area contributed by atoms with Crippen molar-refractivity contribution in [1.82, 2.24) is 9.97 Å². The van der Waals surface area contributed by atoms with Crippen LogP contribution in [0.3, 0.4) is 0 Å². The van der Waals surface area contributed by atoms with E-state index in [1.54, 1.807) is 0 Å². The molecule has 28 heavy (non-hydrogen) atoms. The number of hydrogen-bond donors (Lipinski definition) is 1. The summed E-state index contributed by atoms with van der Waals surface area (Å²) in [6.07, 6.45) is -8.34. The molecule has 1 N–H and O–H groups in total. The second kappa shape index (κ2) is 6.97. The zero-order chi connectivity index (χ0) is 20.7. The lowest BCUT2D eigenvalue weighted by molar-refractivity contribution is -0.141. The minimum atomic E-state index is -4.70. The number of aromatic nitrogens is 2. The Balaban J connectivity index is 1.98. The lowest BCUT2D eigenvalue weighted by Crippen LogP contribution is -2.07. The molecule has 0 atom stereocenters. The van der Waals surface area contributed by atoms with Gasteiger partial charge in [-0.3, -0.25) is 4.98 Å².